The maximum Gasteiger partial charge on any atom is 0.335 e. The van der Waals surface area contributed by atoms with Gasteiger partial charge in [-0.05, 0) is 67.4 Å². The number of anilines is 1. The van der Waals surface area contributed by atoms with Crippen LogP contribution in [0.4, 0.5) is 10.5 Å². The topological polar surface area (TPSA) is 79.6 Å². The van der Waals surface area contributed by atoms with E-state index in [1.807, 2.05) is 44.2 Å². The highest BCUT2D eigenvalue weighted by Crippen LogP contribution is 2.28. The van der Waals surface area contributed by atoms with Crippen molar-refractivity contribution in [2.45, 2.75) is 13.8 Å². The third kappa shape index (κ3) is 3.84. The van der Waals surface area contributed by atoms with Crippen molar-refractivity contribution in [1.29, 1.82) is 0 Å². The highest BCUT2D eigenvalue weighted by atomic mass is 79.9. The summed E-state index contributed by atoms with van der Waals surface area (Å²) in [5.41, 5.74) is 2.88. The summed E-state index contributed by atoms with van der Waals surface area (Å²) in [4.78, 5) is 38.7. The summed E-state index contributed by atoms with van der Waals surface area (Å²) in [6, 6.07) is 15.6. The molecule has 6 nitrogen and oxygen atoms in total. The van der Waals surface area contributed by atoms with Gasteiger partial charge in [-0.25, -0.2) is 9.69 Å². The number of benzene rings is 2. The first kappa shape index (κ1) is 19.8. The van der Waals surface area contributed by atoms with Crippen LogP contribution in [-0.4, -0.2) is 17.8 Å². The van der Waals surface area contributed by atoms with E-state index in [0.717, 1.165) is 26.1 Å². The van der Waals surface area contributed by atoms with Crippen LogP contribution in [0.15, 0.2) is 69.1 Å². The van der Waals surface area contributed by atoms with Crippen molar-refractivity contribution in [2.24, 2.45) is 0 Å². The van der Waals surface area contributed by atoms with E-state index in [0.29, 0.717) is 17.2 Å². The number of imide groups is 2. The summed E-state index contributed by atoms with van der Waals surface area (Å²) in [7, 11) is 0. The van der Waals surface area contributed by atoms with E-state index < -0.39 is 17.8 Å². The van der Waals surface area contributed by atoms with Crippen LogP contribution < -0.4 is 10.2 Å². The Labute approximate surface area is 181 Å². The minimum Gasteiger partial charge on any atom is -0.457 e. The number of aryl methyl sites for hydroxylation is 2. The number of barbiturate groups is 1. The first-order chi connectivity index (χ1) is 14.3. The molecule has 1 fully saturated rings. The van der Waals surface area contributed by atoms with E-state index >= 15 is 0 Å². The summed E-state index contributed by atoms with van der Waals surface area (Å²) in [5, 5.41) is 2.22. The molecule has 3 aromatic rings. The molecule has 0 bridgehead atoms. The molecule has 30 heavy (non-hydrogen) atoms. The average molecular weight is 465 g/mol. The number of hydrogen-bond donors (Lipinski definition) is 1. The number of furan rings is 1. The number of nitrogens with zero attached hydrogens (tertiary/aromatic N) is 1. The van der Waals surface area contributed by atoms with Gasteiger partial charge in [-0.15, -0.1) is 0 Å². The first-order valence-electron chi connectivity index (χ1n) is 9.17. The molecule has 1 aliphatic heterocycles. The Hall–Kier alpha value is -3.45. The van der Waals surface area contributed by atoms with E-state index in [2.05, 4.69) is 21.2 Å². The number of urea groups is 1. The highest BCUT2D eigenvalue weighted by Gasteiger charge is 2.37. The van der Waals surface area contributed by atoms with Crippen molar-refractivity contribution in [1.82, 2.24) is 5.32 Å². The van der Waals surface area contributed by atoms with E-state index in [1.165, 1.54) is 6.08 Å². The number of nitrogens with one attached hydrogen (secondary N) is 1. The van der Waals surface area contributed by atoms with Crippen molar-refractivity contribution >= 4 is 45.5 Å². The van der Waals surface area contributed by atoms with Crippen molar-refractivity contribution in [2.75, 3.05) is 4.90 Å². The number of halogens is 1. The fourth-order valence-corrected chi connectivity index (χ4v) is 3.74. The fourth-order valence-electron chi connectivity index (χ4n) is 3.34. The molecular formula is C23H17BrN2O4. The zero-order chi connectivity index (χ0) is 21.4. The van der Waals surface area contributed by atoms with Crippen LogP contribution in [0.1, 0.15) is 16.9 Å². The Balaban J connectivity index is 1.69. The molecule has 0 radical (unpaired) electrons. The van der Waals surface area contributed by atoms with Crippen LogP contribution in [0.5, 0.6) is 0 Å². The molecular weight excluding hydrogens is 448 g/mol. The fraction of sp³-hybridized carbons (Fsp3) is 0.0870. The number of rotatable bonds is 3. The maximum absolute atomic E-state index is 13.0. The van der Waals surface area contributed by atoms with Crippen LogP contribution in [0, 0.1) is 13.8 Å². The van der Waals surface area contributed by atoms with Gasteiger partial charge in [-0.3, -0.25) is 14.9 Å². The summed E-state index contributed by atoms with van der Waals surface area (Å²) in [6.07, 6.45) is 1.35. The quantitative estimate of drug-likeness (QED) is 0.437. The normalized spacial score (nSPS) is 15.6. The Morgan fingerprint density at radius 2 is 1.70 bits per heavy atom. The average Bonchev–Trinajstić information content (AvgIpc) is 3.13. The van der Waals surface area contributed by atoms with Crippen molar-refractivity contribution < 1.29 is 18.8 Å². The molecule has 0 atom stereocenters. The Kier molecular flexibility index (Phi) is 5.13. The van der Waals surface area contributed by atoms with Gasteiger partial charge in [0.05, 0.1) is 5.69 Å². The molecule has 4 rings (SSSR count). The molecule has 1 N–H and O–H groups in total. The number of carbonyl (C=O) groups is 3. The van der Waals surface area contributed by atoms with Gasteiger partial charge in [-0.1, -0.05) is 34.1 Å². The van der Waals surface area contributed by atoms with Gasteiger partial charge in [0.25, 0.3) is 11.8 Å². The summed E-state index contributed by atoms with van der Waals surface area (Å²) >= 11 is 3.42. The third-order valence-electron chi connectivity index (χ3n) is 4.59. The van der Waals surface area contributed by atoms with E-state index in [9.17, 15) is 14.4 Å². The zero-order valence-corrected chi connectivity index (χ0v) is 17.8. The van der Waals surface area contributed by atoms with Gasteiger partial charge in [0.2, 0.25) is 0 Å². The van der Waals surface area contributed by atoms with Gasteiger partial charge in [-0.2, -0.15) is 0 Å². The Bertz CT molecular complexity index is 1210. The molecule has 1 aromatic heterocycles. The second kappa shape index (κ2) is 7.76. The molecule has 7 heteroatoms. The van der Waals surface area contributed by atoms with Gasteiger partial charge < -0.3 is 4.42 Å². The third-order valence-corrected chi connectivity index (χ3v) is 5.08. The van der Waals surface area contributed by atoms with Crippen LogP contribution in [0.2, 0.25) is 0 Å². The van der Waals surface area contributed by atoms with Gasteiger partial charge in [0.1, 0.15) is 17.1 Å². The van der Waals surface area contributed by atoms with E-state index in [1.54, 1.807) is 24.3 Å². The molecule has 1 saturated heterocycles. The zero-order valence-electron chi connectivity index (χ0n) is 16.2. The van der Waals surface area contributed by atoms with Crippen LogP contribution >= 0.6 is 15.9 Å². The molecule has 150 valence electrons. The number of amides is 4. The summed E-state index contributed by atoms with van der Waals surface area (Å²) in [6.45, 7) is 3.74. The Morgan fingerprint density at radius 3 is 2.40 bits per heavy atom. The van der Waals surface area contributed by atoms with E-state index in [-0.39, 0.29) is 5.57 Å². The lowest BCUT2D eigenvalue weighted by atomic mass is 10.1. The van der Waals surface area contributed by atoms with Crippen LogP contribution in [0.3, 0.4) is 0 Å². The minimum absolute atomic E-state index is 0.177. The first-order valence-corrected chi connectivity index (χ1v) is 9.96. The Morgan fingerprint density at radius 1 is 0.967 bits per heavy atom. The predicted octanol–water partition coefficient (Wildman–Crippen LogP) is 4.99. The second-order valence-corrected chi connectivity index (χ2v) is 7.93. The number of hydrogen-bond acceptors (Lipinski definition) is 4. The molecule has 2 aromatic carbocycles. The van der Waals surface area contributed by atoms with Gasteiger partial charge in [0, 0.05) is 10.0 Å². The van der Waals surface area contributed by atoms with E-state index in [4.69, 9.17) is 4.42 Å². The largest absolute Gasteiger partial charge is 0.457 e. The standard InChI is InChI=1S/C23H17BrN2O4/c1-13-8-14(2)10-17(9-13)26-22(28)19(21(27)25-23(26)29)12-18-6-7-20(30-18)15-4-3-5-16(24)11-15/h3-12H,1-2H3,(H,25,27,29)/b19-12+. The van der Waals surface area contributed by atoms with Crippen molar-refractivity contribution in [3.63, 3.8) is 0 Å². The molecule has 1 aliphatic rings. The summed E-state index contributed by atoms with van der Waals surface area (Å²) < 4.78 is 6.70. The summed E-state index contributed by atoms with van der Waals surface area (Å²) in [5.74, 6) is -0.535. The molecule has 0 unspecified atom stereocenters. The highest BCUT2D eigenvalue weighted by molar-refractivity contribution is 9.10. The molecule has 2 heterocycles. The lowest BCUT2D eigenvalue weighted by molar-refractivity contribution is -0.122. The van der Waals surface area contributed by atoms with Gasteiger partial charge >= 0.3 is 6.03 Å². The predicted molar refractivity (Wildman–Crippen MR) is 117 cm³/mol. The minimum atomic E-state index is -0.776. The molecule has 0 spiro atoms. The molecule has 4 amide bonds. The van der Waals surface area contributed by atoms with Gasteiger partial charge in [0.15, 0.2) is 0 Å². The monoisotopic (exact) mass is 464 g/mol. The van der Waals surface area contributed by atoms with Crippen molar-refractivity contribution in [3.05, 3.63) is 81.5 Å². The molecule has 0 aliphatic carbocycles. The molecule has 0 saturated carbocycles. The lowest BCUT2D eigenvalue weighted by Crippen LogP contribution is -2.54. The SMILES string of the molecule is Cc1cc(C)cc(N2C(=O)NC(=O)/C(=C\c3ccc(-c4cccc(Br)c4)o3)C2=O)c1. The lowest BCUT2D eigenvalue weighted by Gasteiger charge is -2.26. The number of carbonyl (C=O) groups excluding carboxylic acids is 3. The second-order valence-electron chi connectivity index (χ2n) is 7.02. The van der Waals surface area contributed by atoms with Crippen LogP contribution in [-0.2, 0) is 9.59 Å². The maximum atomic E-state index is 13.0. The smallest absolute Gasteiger partial charge is 0.335 e. The van der Waals surface area contributed by atoms with Crippen molar-refractivity contribution in [3.8, 4) is 11.3 Å². The van der Waals surface area contributed by atoms with Crippen LogP contribution in [0.25, 0.3) is 17.4 Å².